The fourth-order valence-electron chi connectivity index (χ4n) is 1.13. The van der Waals surface area contributed by atoms with Crippen LogP contribution in [0.5, 0.6) is 0 Å². The Morgan fingerprint density at radius 1 is 1.57 bits per heavy atom. The van der Waals surface area contributed by atoms with Crippen LogP contribution in [0.25, 0.3) is 0 Å². The van der Waals surface area contributed by atoms with Crippen LogP contribution in [-0.2, 0) is 11.3 Å². The van der Waals surface area contributed by atoms with Crippen molar-refractivity contribution in [3.8, 4) is 0 Å². The third-order valence-corrected chi connectivity index (χ3v) is 2.23. The number of ether oxygens (including phenoxy) is 1. The summed E-state index contributed by atoms with van der Waals surface area (Å²) in [5.41, 5.74) is 1.11. The van der Waals surface area contributed by atoms with Gasteiger partial charge in [-0.2, -0.15) is 0 Å². The Bertz CT molecular complexity index is 276. The Labute approximate surface area is 85.5 Å². The summed E-state index contributed by atoms with van der Waals surface area (Å²) < 4.78 is 5.64. The lowest BCUT2D eigenvalue weighted by atomic mass is 10.2. The maximum Gasteiger partial charge on any atom is 0.131 e. The largest absolute Gasteiger partial charge is 0.374 e. The van der Waals surface area contributed by atoms with Crippen LogP contribution in [0.1, 0.15) is 25.8 Å². The number of nitrogens with zero attached hydrogens (tertiary/aromatic N) is 1. The smallest absolute Gasteiger partial charge is 0.131 e. The lowest BCUT2D eigenvalue weighted by Gasteiger charge is -2.12. The Balaban J connectivity index is 2.57. The first-order valence-electron chi connectivity index (χ1n) is 5.01. The van der Waals surface area contributed by atoms with Gasteiger partial charge in [0.15, 0.2) is 0 Å². The molecule has 0 aromatic carbocycles. The summed E-state index contributed by atoms with van der Waals surface area (Å²) in [6.45, 7) is 4.82. The third kappa shape index (κ3) is 3.00. The number of nitrogens with one attached hydrogen (secondary N) is 1. The van der Waals surface area contributed by atoms with Gasteiger partial charge < -0.3 is 10.1 Å². The zero-order valence-corrected chi connectivity index (χ0v) is 9.08. The average molecular weight is 194 g/mol. The van der Waals surface area contributed by atoms with Gasteiger partial charge in [0, 0.05) is 18.8 Å². The fraction of sp³-hybridized carbons (Fsp3) is 0.545. The molecule has 1 aromatic rings. The van der Waals surface area contributed by atoms with Crippen molar-refractivity contribution in [2.24, 2.45) is 0 Å². The van der Waals surface area contributed by atoms with Gasteiger partial charge in [-0.05, 0) is 19.4 Å². The Morgan fingerprint density at radius 2 is 2.36 bits per heavy atom. The Kier molecular flexibility index (Phi) is 4.40. The van der Waals surface area contributed by atoms with Crippen LogP contribution in [0.2, 0.25) is 0 Å². The highest BCUT2D eigenvalue weighted by atomic mass is 16.5. The molecule has 1 unspecified atom stereocenters. The first-order valence-corrected chi connectivity index (χ1v) is 5.01. The molecule has 3 nitrogen and oxygen atoms in total. The zero-order chi connectivity index (χ0) is 10.4. The quantitative estimate of drug-likeness (QED) is 0.781. The number of aromatic nitrogens is 1. The summed E-state index contributed by atoms with van der Waals surface area (Å²) in [7, 11) is 1.87. The molecule has 1 aromatic heterocycles. The van der Waals surface area contributed by atoms with Crippen molar-refractivity contribution in [1.29, 1.82) is 0 Å². The van der Waals surface area contributed by atoms with E-state index in [2.05, 4.69) is 24.1 Å². The van der Waals surface area contributed by atoms with Gasteiger partial charge in [-0.3, -0.25) is 0 Å². The summed E-state index contributed by atoms with van der Waals surface area (Å²) in [6.07, 6.45) is 3.12. The molecule has 1 rings (SSSR count). The van der Waals surface area contributed by atoms with E-state index in [1.54, 1.807) is 6.20 Å². The maximum absolute atomic E-state index is 5.64. The van der Waals surface area contributed by atoms with Gasteiger partial charge in [-0.25, -0.2) is 4.98 Å². The molecule has 0 saturated carbocycles. The van der Waals surface area contributed by atoms with E-state index >= 15 is 0 Å². The van der Waals surface area contributed by atoms with Crippen LogP contribution in [0.3, 0.4) is 0 Å². The Hall–Kier alpha value is -1.09. The van der Waals surface area contributed by atoms with Crippen molar-refractivity contribution in [1.82, 2.24) is 4.98 Å². The van der Waals surface area contributed by atoms with Crippen LogP contribution in [0, 0.1) is 0 Å². The van der Waals surface area contributed by atoms with E-state index < -0.39 is 0 Å². The van der Waals surface area contributed by atoms with Gasteiger partial charge in [-0.15, -0.1) is 0 Å². The summed E-state index contributed by atoms with van der Waals surface area (Å²) >= 11 is 0. The van der Waals surface area contributed by atoms with E-state index in [-0.39, 0.29) is 0 Å². The van der Waals surface area contributed by atoms with Gasteiger partial charge in [0.1, 0.15) is 5.82 Å². The van der Waals surface area contributed by atoms with Gasteiger partial charge >= 0.3 is 0 Å². The molecule has 14 heavy (non-hydrogen) atoms. The van der Waals surface area contributed by atoms with Crippen molar-refractivity contribution in [2.45, 2.75) is 33.0 Å². The van der Waals surface area contributed by atoms with Crippen molar-refractivity contribution in [2.75, 3.05) is 12.4 Å². The summed E-state index contributed by atoms with van der Waals surface area (Å²) in [5, 5.41) is 3.05. The standard InChI is InChI=1S/C11H18N2O/c1-4-9(2)14-8-10-6-5-7-13-11(10)12-3/h5-7,9H,4,8H2,1-3H3,(H,12,13). The second-order valence-corrected chi connectivity index (χ2v) is 3.29. The monoisotopic (exact) mass is 194 g/mol. The van der Waals surface area contributed by atoms with E-state index in [1.807, 2.05) is 19.2 Å². The molecule has 0 spiro atoms. The first-order chi connectivity index (χ1) is 6.77. The predicted molar refractivity (Wildman–Crippen MR) is 58.3 cm³/mol. The summed E-state index contributed by atoms with van der Waals surface area (Å²) in [5.74, 6) is 0.899. The number of rotatable bonds is 5. The molecule has 0 amide bonds. The third-order valence-electron chi connectivity index (χ3n) is 2.23. The van der Waals surface area contributed by atoms with E-state index in [1.165, 1.54) is 0 Å². The molecule has 0 radical (unpaired) electrons. The number of anilines is 1. The normalized spacial score (nSPS) is 12.5. The van der Waals surface area contributed by atoms with E-state index in [0.29, 0.717) is 12.7 Å². The molecule has 0 saturated heterocycles. The molecule has 1 N–H and O–H groups in total. The molecule has 1 heterocycles. The van der Waals surface area contributed by atoms with Gasteiger partial charge in [0.25, 0.3) is 0 Å². The lowest BCUT2D eigenvalue weighted by Crippen LogP contribution is -2.08. The first kappa shape index (κ1) is 11.0. The molecule has 0 aliphatic carbocycles. The average Bonchev–Trinajstić information content (AvgIpc) is 2.26. The molecule has 0 aliphatic rings. The van der Waals surface area contributed by atoms with Gasteiger partial charge in [-0.1, -0.05) is 13.0 Å². The molecule has 0 bridgehead atoms. The molecule has 0 aliphatic heterocycles. The van der Waals surface area contributed by atoms with E-state index in [4.69, 9.17) is 4.74 Å². The topological polar surface area (TPSA) is 34.1 Å². The number of hydrogen-bond donors (Lipinski definition) is 1. The number of pyridine rings is 1. The van der Waals surface area contributed by atoms with Gasteiger partial charge in [0.2, 0.25) is 0 Å². The maximum atomic E-state index is 5.64. The minimum Gasteiger partial charge on any atom is -0.374 e. The highest BCUT2D eigenvalue weighted by Crippen LogP contribution is 2.13. The highest BCUT2D eigenvalue weighted by molar-refractivity contribution is 5.42. The molecule has 1 atom stereocenters. The van der Waals surface area contributed by atoms with E-state index in [9.17, 15) is 0 Å². The van der Waals surface area contributed by atoms with Gasteiger partial charge in [0.05, 0.1) is 12.7 Å². The zero-order valence-electron chi connectivity index (χ0n) is 9.08. The molecular formula is C11H18N2O. The molecule has 3 heteroatoms. The van der Waals surface area contributed by atoms with Crippen molar-refractivity contribution in [3.05, 3.63) is 23.9 Å². The Morgan fingerprint density at radius 3 is 3.00 bits per heavy atom. The summed E-state index contributed by atoms with van der Waals surface area (Å²) in [4.78, 5) is 4.21. The van der Waals surface area contributed by atoms with Crippen LogP contribution in [0.15, 0.2) is 18.3 Å². The second kappa shape index (κ2) is 5.60. The highest BCUT2D eigenvalue weighted by Gasteiger charge is 2.03. The SMILES string of the molecule is CCC(C)OCc1cccnc1NC. The lowest BCUT2D eigenvalue weighted by molar-refractivity contribution is 0.0510. The van der Waals surface area contributed by atoms with Crippen molar-refractivity contribution < 1.29 is 4.74 Å². The van der Waals surface area contributed by atoms with Crippen LogP contribution >= 0.6 is 0 Å². The molecular weight excluding hydrogens is 176 g/mol. The van der Waals surface area contributed by atoms with Crippen molar-refractivity contribution >= 4 is 5.82 Å². The second-order valence-electron chi connectivity index (χ2n) is 3.29. The van der Waals surface area contributed by atoms with Crippen LogP contribution in [0.4, 0.5) is 5.82 Å². The minimum absolute atomic E-state index is 0.305. The van der Waals surface area contributed by atoms with E-state index in [0.717, 1.165) is 17.8 Å². The number of hydrogen-bond acceptors (Lipinski definition) is 3. The summed E-state index contributed by atoms with van der Waals surface area (Å²) in [6, 6.07) is 3.96. The molecule has 78 valence electrons. The van der Waals surface area contributed by atoms with Crippen LogP contribution in [-0.4, -0.2) is 18.1 Å². The van der Waals surface area contributed by atoms with Crippen molar-refractivity contribution in [3.63, 3.8) is 0 Å². The predicted octanol–water partition coefficient (Wildman–Crippen LogP) is 2.44. The minimum atomic E-state index is 0.305. The fourth-order valence-corrected chi connectivity index (χ4v) is 1.13. The molecule has 0 fully saturated rings. The van der Waals surface area contributed by atoms with Crippen LogP contribution < -0.4 is 5.32 Å².